The molecule has 1 aliphatic rings. The van der Waals surface area contributed by atoms with Crippen molar-refractivity contribution >= 4 is 11.7 Å². The molecule has 1 aromatic heterocycles. The third-order valence-corrected chi connectivity index (χ3v) is 4.98. The van der Waals surface area contributed by atoms with Crippen molar-refractivity contribution in [1.82, 2.24) is 14.9 Å². The molecule has 1 unspecified atom stereocenters. The minimum Gasteiger partial charge on any atom is -0.497 e. The number of ether oxygens (including phenoxy) is 2. The molecule has 7 nitrogen and oxygen atoms in total. The van der Waals surface area contributed by atoms with Crippen LogP contribution < -0.4 is 14.4 Å². The zero-order valence-electron chi connectivity index (χ0n) is 16.8. The highest BCUT2D eigenvalue weighted by Crippen LogP contribution is 2.26. The van der Waals surface area contributed by atoms with E-state index in [1.54, 1.807) is 19.5 Å². The second-order valence-corrected chi connectivity index (χ2v) is 6.75. The number of aromatic nitrogens is 2. The Morgan fingerprint density at radius 1 is 1.25 bits per heavy atom. The second kappa shape index (κ2) is 9.39. The number of rotatable bonds is 8. The molecule has 2 heterocycles. The number of amides is 1. The van der Waals surface area contributed by atoms with E-state index in [0.29, 0.717) is 25.4 Å². The van der Waals surface area contributed by atoms with E-state index in [1.165, 1.54) is 0 Å². The van der Waals surface area contributed by atoms with Crippen LogP contribution in [0.1, 0.15) is 25.8 Å². The normalized spacial score (nSPS) is 16.1. The van der Waals surface area contributed by atoms with Crippen LogP contribution in [0.3, 0.4) is 0 Å². The topological polar surface area (TPSA) is 67.8 Å². The maximum atomic E-state index is 12.7. The molecule has 3 rings (SSSR count). The first-order chi connectivity index (χ1) is 13.6. The van der Waals surface area contributed by atoms with Gasteiger partial charge in [-0.1, -0.05) is 12.1 Å². The molecule has 0 radical (unpaired) electrons. The van der Waals surface area contributed by atoms with Crippen LogP contribution in [0, 0.1) is 0 Å². The van der Waals surface area contributed by atoms with Gasteiger partial charge in [-0.05, 0) is 31.5 Å². The summed E-state index contributed by atoms with van der Waals surface area (Å²) in [6.45, 7) is 7.08. The van der Waals surface area contributed by atoms with Crippen molar-refractivity contribution in [3.8, 4) is 11.6 Å². The summed E-state index contributed by atoms with van der Waals surface area (Å²) in [6, 6.07) is 7.63. The van der Waals surface area contributed by atoms with E-state index in [1.807, 2.05) is 29.2 Å². The van der Waals surface area contributed by atoms with Crippen LogP contribution in [-0.4, -0.2) is 60.2 Å². The van der Waals surface area contributed by atoms with Gasteiger partial charge in [0.2, 0.25) is 5.91 Å². The smallest absolute Gasteiger partial charge is 0.257 e. The van der Waals surface area contributed by atoms with Crippen LogP contribution in [0.15, 0.2) is 36.7 Å². The summed E-state index contributed by atoms with van der Waals surface area (Å²) in [4.78, 5) is 25.5. The average molecular weight is 384 g/mol. The second-order valence-electron chi connectivity index (χ2n) is 6.75. The van der Waals surface area contributed by atoms with Crippen molar-refractivity contribution < 1.29 is 14.3 Å². The maximum absolute atomic E-state index is 12.7. The van der Waals surface area contributed by atoms with Gasteiger partial charge in [-0.25, -0.2) is 9.97 Å². The molecule has 1 aliphatic heterocycles. The molecule has 28 heavy (non-hydrogen) atoms. The van der Waals surface area contributed by atoms with Crippen LogP contribution in [0.4, 0.5) is 5.82 Å². The predicted octanol–water partition coefficient (Wildman–Crippen LogP) is 2.55. The Balaban J connectivity index is 1.60. The molecule has 150 valence electrons. The Kier molecular flexibility index (Phi) is 6.68. The highest BCUT2D eigenvalue weighted by atomic mass is 16.5. The molecule has 0 N–H and O–H groups in total. The van der Waals surface area contributed by atoms with Crippen molar-refractivity contribution in [3.63, 3.8) is 0 Å². The summed E-state index contributed by atoms with van der Waals surface area (Å²) in [6.07, 6.45) is 4.40. The predicted molar refractivity (Wildman–Crippen MR) is 108 cm³/mol. The summed E-state index contributed by atoms with van der Waals surface area (Å²) in [5, 5.41) is 0. The summed E-state index contributed by atoms with van der Waals surface area (Å²) >= 11 is 0. The molecule has 0 aliphatic carbocycles. The lowest BCUT2D eigenvalue weighted by Gasteiger charge is -2.23. The highest BCUT2D eigenvalue weighted by molar-refractivity contribution is 5.79. The lowest BCUT2D eigenvalue weighted by atomic mass is 10.1. The molecule has 1 atom stereocenters. The largest absolute Gasteiger partial charge is 0.497 e. The minimum absolute atomic E-state index is 0.0692. The van der Waals surface area contributed by atoms with Crippen molar-refractivity contribution in [2.24, 2.45) is 0 Å². The van der Waals surface area contributed by atoms with Gasteiger partial charge < -0.3 is 19.3 Å². The van der Waals surface area contributed by atoms with Crippen LogP contribution >= 0.6 is 0 Å². The van der Waals surface area contributed by atoms with Crippen molar-refractivity contribution in [3.05, 3.63) is 42.2 Å². The molecule has 1 aromatic carbocycles. The van der Waals surface area contributed by atoms with Gasteiger partial charge in [-0.15, -0.1) is 0 Å². The average Bonchev–Trinajstić information content (AvgIpc) is 3.19. The number of methoxy groups -OCH3 is 1. The number of carbonyl (C=O) groups is 1. The van der Waals surface area contributed by atoms with Gasteiger partial charge >= 0.3 is 0 Å². The maximum Gasteiger partial charge on any atom is 0.257 e. The molecular formula is C21H28N4O3. The third-order valence-electron chi connectivity index (χ3n) is 4.98. The minimum atomic E-state index is -0.0692. The SMILES string of the molecule is CCN(CC)c1nccnc1OC1CCN(C(=O)Cc2cccc(OC)c2)C1. The molecule has 1 saturated heterocycles. The van der Waals surface area contributed by atoms with E-state index in [2.05, 4.69) is 28.7 Å². The zero-order chi connectivity index (χ0) is 19.9. The van der Waals surface area contributed by atoms with Crippen molar-refractivity contribution in [2.45, 2.75) is 32.8 Å². The lowest BCUT2D eigenvalue weighted by Crippen LogP contribution is -2.32. The molecule has 7 heteroatoms. The van der Waals surface area contributed by atoms with Crippen LogP contribution in [-0.2, 0) is 11.2 Å². The lowest BCUT2D eigenvalue weighted by molar-refractivity contribution is -0.129. The number of benzene rings is 1. The molecule has 0 bridgehead atoms. The van der Waals surface area contributed by atoms with E-state index in [9.17, 15) is 4.79 Å². The van der Waals surface area contributed by atoms with Gasteiger partial charge in [0.15, 0.2) is 5.82 Å². The fraction of sp³-hybridized carbons (Fsp3) is 0.476. The zero-order valence-corrected chi connectivity index (χ0v) is 16.8. The van der Waals surface area contributed by atoms with E-state index >= 15 is 0 Å². The number of hydrogen-bond donors (Lipinski definition) is 0. The van der Waals surface area contributed by atoms with Crippen molar-refractivity contribution in [2.75, 3.05) is 38.2 Å². The van der Waals surface area contributed by atoms with Gasteiger partial charge in [-0.2, -0.15) is 0 Å². The monoisotopic (exact) mass is 384 g/mol. The first kappa shape index (κ1) is 19.9. The summed E-state index contributed by atoms with van der Waals surface area (Å²) < 4.78 is 11.4. The Bertz CT molecular complexity index is 795. The number of carbonyl (C=O) groups excluding carboxylic acids is 1. The van der Waals surface area contributed by atoms with Crippen LogP contribution in [0.25, 0.3) is 0 Å². The number of hydrogen-bond acceptors (Lipinski definition) is 6. The standard InChI is InChI=1S/C21H28N4O3/c1-4-24(5-2)20-21(23-11-10-22-20)28-18-9-12-25(15-18)19(26)14-16-7-6-8-17(13-16)27-3/h6-8,10-11,13,18H,4-5,9,12,14-15H2,1-3H3. The van der Waals surface area contributed by atoms with Gasteiger partial charge in [0, 0.05) is 38.4 Å². The highest BCUT2D eigenvalue weighted by Gasteiger charge is 2.29. The fourth-order valence-corrected chi connectivity index (χ4v) is 3.42. The van der Waals surface area contributed by atoms with E-state index in [4.69, 9.17) is 9.47 Å². The summed E-state index contributed by atoms with van der Waals surface area (Å²) in [5.74, 6) is 2.16. The molecule has 1 amide bonds. The number of nitrogens with zero attached hydrogens (tertiary/aromatic N) is 4. The number of anilines is 1. The fourth-order valence-electron chi connectivity index (χ4n) is 3.42. The Morgan fingerprint density at radius 2 is 2.04 bits per heavy atom. The molecule has 0 spiro atoms. The van der Waals surface area contributed by atoms with E-state index in [-0.39, 0.29) is 12.0 Å². The van der Waals surface area contributed by atoms with Crippen molar-refractivity contribution in [1.29, 1.82) is 0 Å². The Labute approximate surface area is 166 Å². The molecule has 0 saturated carbocycles. The van der Waals surface area contributed by atoms with Gasteiger partial charge in [0.25, 0.3) is 5.88 Å². The van der Waals surface area contributed by atoms with Crippen LogP contribution in [0.2, 0.25) is 0 Å². The van der Waals surface area contributed by atoms with E-state index < -0.39 is 0 Å². The van der Waals surface area contributed by atoms with Gasteiger partial charge in [0.1, 0.15) is 11.9 Å². The van der Waals surface area contributed by atoms with Crippen LogP contribution in [0.5, 0.6) is 11.6 Å². The Hall–Kier alpha value is -2.83. The van der Waals surface area contributed by atoms with E-state index in [0.717, 1.165) is 36.6 Å². The summed E-state index contributed by atoms with van der Waals surface area (Å²) in [5.41, 5.74) is 0.950. The number of likely N-dealkylation sites (tertiary alicyclic amines) is 1. The first-order valence-corrected chi connectivity index (χ1v) is 9.77. The quantitative estimate of drug-likeness (QED) is 0.697. The third kappa shape index (κ3) is 4.71. The summed E-state index contributed by atoms with van der Waals surface area (Å²) in [7, 11) is 1.63. The molecule has 2 aromatic rings. The first-order valence-electron chi connectivity index (χ1n) is 9.77. The Morgan fingerprint density at radius 3 is 2.79 bits per heavy atom. The van der Waals surface area contributed by atoms with Gasteiger partial charge in [0.05, 0.1) is 20.1 Å². The molecule has 1 fully saturated rings. The molecular weight excluding hydrogens is 356 g/mol. The van der Waals surface area contributed by atoms with Gasteiger partial charge in [-0.3, -0.25) is 4.79 Å².